The van der Waals surface area contributed by atoms with Crippen molar-refractivity contribution in [2.45, 2.75) is 31.9 Å². The van der Waals surface area contributed by atoms with Gasteiger partial charge in [0.1, 0.15) is 0 Å². The molecule has 2 heterocycles. The summed E-state index contributed by atoms with van der Waals surface area (Å²) in [6.45, 7) is 4.62. The van der Waals surface area contributed by atoms with Gasteiger partial charge in [-0.2, -0.15) is 0 Å². The third-order valence-electron chi connectivity index (χ3n) is 3.07. The van der Waals surface area contributed by atoms with Crippen LogP contribution in [0.25, 0.3) is 0 Å². The van der Waals surface area contributed by atoms with Crippen LogP contribution < -0.4 is 11.1 Å². The fourth-order valence-corrected chi connectivity index (χ4v) is 3.12. The summed E-state index contributed by atoms with van der Waals surface area (Å²) in [6, 6.07) is 2.43. The van der Waals surface area contributed by atoms with E-state index in [1.807, 2.05) is 0 Å². The van der Waals surface area contributed by atoms with Crippen LogP contribution in [-0.2, 0) is 4.74 Å². The molecule has 0 radical (unpaired) electrons. The van der Waals surface area contributed by atoms with Crippen molar-refractivity contribution in [3.8, 4) is 0 Å². The lowest BCUT2D eigenvalue weighted by Crippen LogP contribution is -2.34. The summed E-state index contributed by atoms with van der Waals surface area (Å²) >= 11 is 1.78. The predicted octanol–water partition coefficient (Wildman–Crippen LogP) is 1.82. The molecule has 1 fully saturated rings. The molecule has 0 aliphatic carbocycles. The summed E-state index contributed by atoms with van der Waals surface area (Å²) < 4.78 is 5.60. The van der Waals surface area contributed by atoms with Crippen molar-refractivity contribution >= 4 is 11.3 Å². The lowest BCUT2D eigenvalue weighted by Gasteiger charge is -2.19. The Morgan fingerprint density at radius 3 is 3.12 bits per heavy atom. The standard InChI is InChI=1S/C12H20N2OS/c1-9-4-6-16-12(9)11(7-13)14-8-10-3-2-5-15-10/h4,6,10-11,14H,2-3,5,7-8,13H2,1H3. The van der Waals surface area contributed by atoms with Crippen molar-refractivity contribution in [2.24, 2.45) is 5.73 Å². The molecule has 2 unspecified atom stereocenters. The maximum atomic E-state index is 5.82. The van der Waals surface area contributed by atoms with Crippen molar-refractivity contribution in [3.05, 3.63) is 21.9 Å². The topological polar surface area (TPSA) is 47.3 Å². The van der Waals surface area contributed by atoms with Crippen LogP contribution in [0.5, 0.6) is 0 Å². The Kier molecular flexibility index (Phi) is 4.35. The first kappa shape index (κ1) is 12.0. The molecule has 0 bridgehead atoms. The van der Waals surface area contributed by atoms with Gasteiger partial charge in [0.15, 0.2) is 0 Å². The van der Waals surface area contributed by atoms with Crippen LogP contribution in [0.15, 0.2) is 11.4 Å². The van der Waals surface area contributed by atoms with Gasteiger partial charge >= 0.3 is 0 Å². The molecule has 0 amide bonds. The van der Waals surface area contributed by atoms with Crippen LogP contribution in [0.1, 0.15) is 29.3 Å². The van der Waals surface area contributed by atoms with Crippen LogP contribution in [0.4, 0.5) is 0 Å². The van der Waals surface area contributed by atoms with Crippen LogP contribution in [0, 0.1) is 6.92 Å². The fraction of sp³-hybridized carbons (Fsp3) is 0.667. The molecule has 90 valence electrons. The van der Waals surface area contributed by atoms with Crippen LogP contribution in [-0.4, -0.2) is 25.8 Å². The third-order valence-corrected chi connectivity index (χ3v) is 4.20. The minimum absolute atomic E-state index is 0.282. The van der Waals surface area contributed by atoms with E-state index < -0.39 is 0 Å². The molecule has 1 aromatic heterocycles. The Balaban J connectivity index is 1.88. The molecule has 1 saturated heterocycles. The lowest BCUT2D eigenvalue weighted by atomic mass is 10.1. The van der Waals surface area contributed by atoms with Gasteiger partial charge in [-0.1, -0.05) is 0 Å². The molecular formula is C12H20N2OS. The summed E-state index contributed by atoms with van der Waals surface area (Å²) in [7, 11) is 0. The zero-order chi connectivity index (χ0) is 11.4. The summed E-state index contributed by atoms with van der Waals surface area (Å²) in [5.74, 6) is 0. The highest BCUT2D eigenvalue weighted by atomic mass is 32.1. The van der Waals surface area contributed by atoms with E-state index in [0.717, 1.165) is 13.2 Å². The summed E-state index contributed by atoms with van der Waals surface area (Å²) in [5, 5.41) is 5.64. The number of hydrogen-bond donors (Lipinski definition) is 2. The third kappa shape index (κ3) is 2.83. The van der Waals surface area contributed by atoms with Gasteiger partial charge < -0.3 is 15.8 Å². The Bertz CT molecular complexity index is 321. The van der Waals surface area contributed by atoms with E-state index in [1.165, 1.54) is 23.3 Å². The van der Waals surface area contributed by atoms with Crippen LogP contribution in [0.2, 0.25) is 0 Å². The number of thiophene rings is 1. The van der Waals surface area contributed by atoms with E-state index in [0.29, 0.717) is 12.6 Å². The number of aryl methyl sites for hydroxylation is 1. The number of hydrogen-bond acceptors (Lipinski definition) is 4. The van der Waals surface area contributed by atoms with E-state index in [9.17, 15) is 0 Å². The minimum Gasteiger partial charge on any atom is -0.377 e. The molecule has 1 aliphatic heterocycles. The highest BCUT2D eigenvalue weighted by molar-refractivity contribution is 7.10. The van der Waals surface area contributed by atoms with Gasteiger partial charge in [-0.05, 0) is 36.8 Å². The van der Waals surface area contributed by atoms with Gasteiger partial charge in [0.05, 0.1) is 12.1 Å². The second-order valence-corrected chi connectivity index (χ2v) is 5.25. The first-order chi connectivity index (χ1) is 7.81. The molecular weight excluding hydrogens is 220 g/mol. The Morgan fingerprint density at radius 1 is 1.69 bits per heavy atom. The van der Waals surface area contributed by atoms with Crippen molar-refractivity contribution < 1.29 is 4.74 Å². The van der Waals surface area contributed by atoms with Crippen LogP contribution in [0.3, 0.4) is 0 Å². The lowest BCUT2D eigenvalue weighted by molar-refractivity contribution is 0.108. The highest BCUT2D eigenvalue weighted by Gasteiger charge is 2.18. The van der Waals surface area contributed by atoms with E-state index >= 15 is 0 Å². The summed E-state index contributed by atoms with van der Waals surface area (Å²) in [4.78, 5) is 1.36. The number of nitrogens with two attached hydrogens (primary N) is 1. The minimum atomic E-state index is 0.282. The summed E-state index contributed by atoms with van der Waals surface area (Å²) in [6.07, 6.45) is 2.75. The number of nitrogens with one attached hydrogen (secondary N) is 1. The van der Waals surface area contributed by atoms with E-state index in [2.05, 4.69) is 23.7 Å². The molecule has 0 spiro atoms. The zero-order valence-corrected chi connectivity index (χ0v) is 10.6. The second-order valence-electron chi connectivity index (χ2n) is 4.30. The Morgan fingerprint density at radius 2 is 2.56 bits per heavy atom. The quantitative estimate of drug-likeness (QED) is 0.825. The van der Waals surface area contributed by atoms with Gasteiger partial charge in [-0.15, -0.1) is 11.3 Å². The molecule has 0 saturated carbocycles. The molecule has 1 aliphatic rings. The SMILES string of the molecule is Cc1ccsc1C(CN)NCC1CCCO1. The maximum absolute atomic E-state index is 5.82. The average Bonchev–Trinajstić information content (AvgIpc) is 2.92. The Hall–Kier alpha value is -0.420. The molecule has 16 heavy (non-hydrogen) atoms. The largest absolute Gasteiger partial charge is 0.377 e. The van der Waals surface area contributed by atoms with Crippen LogP contribution >= 0.6 is 11.3 Å². The van der Waals surface area contributed by atoms with Crippen molar-refractivity contribution in [2.75, 3.05) is 19.7 Å². The zero-order valence-electron chi connectivity index (χ0n) is 9.74. The van der Waals surface area contributed by atoms with Gasteiger partial charge in [-0.25, -0.2) is 0 Å². The monoisotopic (exact) mass is 240 g/mol. The van der Waals surface area contributed by atoms with Gasteiger partial charge in [0.25, 0.3) is 0 Å². The Labute approximate surface area is 101 Å². The molecule has 3 N–H and O–H groups in total. The average molecular weight is 240 g/mol. The molecule has 3 nitrogen and oxygen atoms in total. The first-order valence-electron chi connectivity index (χ1n) is 5.90. The van der Waals surface area contributed by atoms with E-state index in [4.69, 9.17) is 10.5 Å². The van der Waals surface area contributed by atoms with Crippen molar-refractivity contribution in [1.82, 2.24) is 5.32 Å². The molecule has 0 aromatic carbocycles. The number of ether oxygens (including phenoxy) is 1. The second kappa shape index (κ2) is 5.77. The van der Waals surface area contributed by atoms with Gasteiger partial charge in [-0.3, -0.25) is 0 Å². The summed E-state index contributed by atoms with van der Waals surface area (Å²) in [5.41, 5.74) is 7.15. The fourth-order valence-electron chi connectivity index (χ4n) is 2.10. The van der Waals surface area contributed by atoms with E-state index in [-0.39, 0.29) is 6.04 Å². The molecule has 4 heteroatoms. The van der Waals surface area contributed by atoms with Gasteiger partial charge in [0.2, 0.25) is 0 Å². The smallest absolute Gasteiger partial charge is 0.0700 e. The molecule has 2 atom stereocenters. The number of rotatable bonds is 5. The van der Waals surface area contributed by atoms with Crippen molar-refractivity contribution in [1.29, 1.82) is 0 Å². The molecule has 1 aromatic rings. The van der Waals surface area contributed by atoms with Crippen molar-refractivity contribution in [3.63, 3.8) is 0 Å². The first-order valence-corrected chi connectivity index (χ1v) is 6.78. The van der Waals surface area contributed by atoms with E-state index in [1.54, 1.807) is 11.3 Å². The molecule has 2 rings (SSSR count). The normalized spacial score (nSPS) is 22.5. The highest BCUT2D eigenvalue weighted by Crippen LogP contribution is 2.23. The predicted molar refractivity (Wildman–Crippen MR) is 67.8 cm³/mol. The van der Waals surface area contributed by atoms with Gasteiger partial charge in [0, 0.05) is 24.6 Å². The maximum Gasteiger partial charge on any atom is 0.0700 e.